The van der Waals surface area contributed by atoms with Gasteiger partial charge in [0.15, 0.2) is 0 Å². The van der Waals surface area contributed by atoms with Gasteiger partial charge in [0.2, 0.25) is 0 Å². The molecule has 0 saturated heterocycles. The van der Waals surface area contributed by atoms with Crippen LogP contribution in [-0.2, 0) is 11.3 Å². The van der Waals surface area contributed by atoms with Crippen molar-refractivity contribution in [2.45, 2.75) is 34.3 Å². The largest absolute Gasteiger partial charge is 0.489 e. The predicted molar refractivity (Wildman–Crippen MR) is 95.0 cm³/mol. The van der Waals surface area contributed by atoms with E-state index in [1.807, 2.05) is 38.1 Å². The fourth-order valence-electron chi connectivity index (χ4n) is 2.89. The third-order valence-corrected chi connectivity index (χ3v) is 4.22. The summed E-state index contributed by atoms with van der Waals surface area (Å²) in [6.45, 7) is 8.16. The van der Waals surface area contributed by atoms with Gasteiger partial charge < -0.3 is 13.9 Å². The number of benzene rings is 1. The average molecular weight is 339 g/mol. The number of aryl methyl sites for hydroxylation is 3. The predicted octanol–water partition coefficient (Wildman–Crippen LogP) is 4.51. The lowest BCUT2D eigenvalue weighted by molar-refractivity contribution is 0.0526. The number of hydrogen-bond acceptors (Lipinski definition) is 5. The zero-order valence-electron chi connectivity index (χ0n) is 14.9. The molecule has 5 heteroatoms. The molecule has 2 heterocycles. The molecular formula is C20H21NO4. The molecule has 1 aromatic carbocycles. The van der Waals surface area contributed by atoms with Crippen LogP contribution >= 0.6 is 0 Å². The molecule has 130 valence electrons. The topological polar surface area (TPSA) is 61.6 Å². The number of carbonyl (C=O) groups excluding carboxylic acids is 1. The maximum absolute atomic E-state index is 12.3. The second-order valence-corrected chi connectivity index (χ2v) is 5.85. The third kappa shape index (κ3) is 3.22. The van der Waals surface area contributed by atoms with E-state index in [1.54, 1.807) is 20.0 Å². The fourth-order valence-corrected chi connectivity index (χ4v) is 2.89. The van der Waals surface area contributed by atoms with Crippen molar-refractivity contribution in [3.8, 4) is 5.75 Å². The van der Waals surface area contributed by atoms with Crippen LogP contribution in [0.25, 0.3) is 11.0 Å². The van der Waals surface area contributed by atoms with E-state index < -0.39 is 0 Å². The normalized spacial score (nSPS) is 10.9. The fraction of sp³-hybridized carbons (Fsp3) is 0.300. The first kappa shape index (κ1) is 17.0. The van der Waals surface area contributed by atoms with Gasteiger partial charge in [0, 0.05) is 28.4 Å². The Morgan fingerprint density at radius 3 is 2.72 bits per heavy atom. The number of aromatic nitrogens is 1. The molecule has 3 rings (SSSR count). The molecule has 0 spiro atoms. The van der Waals surface area contributed by atoms with Crippen molar-refractivity contribution in [2.24, 2.45) is 0 Å². The molecule has 0 aliphatic heterocycles. The summed E-state index contributed by atoms with van der Waals surface area (Å²) in [6, 6.07) is 7.56. The zero-order valence-corrected chi connectivity index (χ0v) is 14.9. The van der Waals surface area contributed by atoms with E-state index in [4.69, 9.17) is 13.9 Å². The number of pyridine rings is 1. The molecule has 0 atom stereocenters. The van der Waals surface area contributed by atoms with Gasteiger partial charge in [-0.2, -0.15) is 0 Å². The van der Waals surface area contributed by atoms with E-state index >= 15 is 0 Å². The molecule has 0 N–H and O–H groups in total. The lowest BCUT2D eigenvalue weighted by Crippen LogP contribution is -2.06. The number of nitrogens with zero attached hydrogens (tertiary/aromatic N) is 1. The molecule has 5 nitrogen and oxygen atoms in total. The van der Waals surface area contributed by atoms with Gasteiger partial charge in [0.25, 0.3) is 0 Å². The molecule has 0 radical (unpaired) electrons. The molecule has 0 bridgehead atoms. The molecule has 0 fully saturated rings. The van der Waals surface area contributed by atoms with Crippen LogP contribution in [0.1, 0.15) is 39.9 Å². The van der Waals surface area contributed by atoms with E-state index in [0.29, 0.717) is 35.9 Å². The molecular weight excluding hydrogens is 318 g/mol. The van der Waals surface area contributed by atoms with E-state index in [-0.39, 0.29) is 5.97 Å². The maximum atomic E-state index is 12.3. The number of hydrogen-bond donors (Lipinski definition) is 0. The summed E-state index contributed by atoms with van der Waals surface area (Å²) >= 11 is 0. The molecule has 3 aromatic rings. The van der Waals surface area contributed by atoms with E-state index in [9.17, 15) is 4.79 Å². The minimum Gasteiger partial charge on any atom is -0.489 e. The van der Waals surface area contributed by atoms with Gasteiger partial charge in [0.05, 0.1) is 6.61 Å². The Kier molecular flexibility index (Phi) is 4.74. The Labute approximate surface area is 146 Å². The first-order valence-corrected chi connectivity index (χ1v) is 8.26. The smallest absolute Gasteiger partial charge is 0.342 e. The van der Waals surface area contributed by atoms with Crippen molar-refractivity contribution in [2.75, 3.05) is 6.61 Å². The van der Waals surface area contributed by atoms with E-state index in [0.717, 1.165) is 22.2 Å². The third-order valence-electron chi connectivity index (χ3n) is 4.22. The quantitative estimate of drug-likeness (QED) is 0.640. The number of carbonyl (C=O) groups is 1. The molecule has 0 aliphatic rings. The number of furan rings is 1. The van der Waals surface area contributed by atoms with Crippen molar-refractivity contribution in [1.82, 2.24) is 4.98 Å². The van der Waals surface area contributed by atoms with Crippen LogP contribution in [0.5, 0.6) is 5.75 Å². The highest BCUT2D eigenvalue weighted by molar-refractivity contribution is 6.06. The molecule has 0 amide bonds. The first-order valence-electron chi connectivity index (χ1n) is 8.26. The first-order chi connectivity index (χ1) is 12.0. The Morgan fingerprint density at radius 2 is 2.00 bits per heavy atom. The van der Waals surface area contributed by atoms with Gasteiger partial charge in [-0.1, -0.05) is 6.07 Å². The summed E-state index contributed by atoms with van der Waals surface area (Å²) in [5.74, 6) is 0.890. The highest BCUT2D eigenvalue weighted by Gasteiger charge is 2.22. The minimum atomic E-state index is -0.373. The number of ether oxygens (including phenoxy) is 2. The van der Waals surface area contributed by atoms with Crippen molar-refractivity contribution in [1.29, 1.82) is 0 Å². The Balaban J connectivity index is 1.97. The zero-order chi connectivity index (χ0) is 18.0. The summed E-state index contributed by atoms with van der Waals surface area (Å²) in [5, 5.41) is 0.747. The van der Waals surface area contributed by atoms with Gasteiger partial charge in [-0.05, 0) is 45.9 Å². The average Bonchev–Trinajstić information content (AvgIpc) is 2.93. The van der Waals surface area contributed by atoms with Crippen LogP contribution < -0.4 is 4.74 Å². The van der Waals surface area contributed by atoms with Crippen molar-refractivity contribution < 1.29 is 18.7 Å². The Hall–Kier alpha value is -2.82. The Morgan fingerprint density at radius 1 is 1.20 bits per heavy atom. The van der Waals surface area contributed by atoms with Crippen molar-refractivity contribution in [3.63, 3.8) is 0 Å². The summed E-state index contributed by atoms with van der Waals surface area (Å²) in [5.41, 5.74) is 3.95. The number of fused-ring (bicyclic) bond motifs is 1. The summed E-state index contributed by atoms with van der Waals surface area (Å²) in [4.78, 5) is 16.6. The summed E-state index contributed by atoms with van der Waals surface area (Å²) in [6.07, 6.45) is 1.76. The van der Waals surface area contributed by atoms with Gasteiger partial charge in [0.1, 0.15) is 29.3 Å². The van der Waals surface area contributed by atoms with Gasteiger partial charge in [-0.3, -0.25) is 4.98 Å². The molecule has 0 saturated carbocycles. The molecule has 25 heavy (non-hydrogen) atoms. The highest BCUT2D eigenvalue weighted by atomic mass is 16.5. The lowest BCUT2D eigenvalue weighted by atomic mass is 10.0. The van der Waals surface area contributed by atoms with Crippen LogP contribution in [0, 0.1) is 20.8 Å². The summed E-state index contributed by atoms with van der Waals surface area (Å²) < 4.78 is 16.9. The van der Waals surface area contributed by atoms with Crippen LogP contribution in [0.3, 0.4) is 0 Å². The maximum Gasteiger partial charge on any atom is 0.342 e. The van der Waals surface area contributed by atoms with Crippen LogP contribution in [0.4, 0.5) is 0 Å². The highest BCUT2D eigenvalue weighted by Crippen LogP contribution is 2.34. The molecule has 0 unspecified atom stereocenters. The van der Waals surface area contributed by atoms with Crippen molar-refractivity contribution >= 4 is 16.9 Å². The second kappa shape index (κ2) is 6.97. The molecule has 2 aromatic heterocycles. The molecule has 0 aliphatic carbocycles. The Bertz CT molecular complexity index is 927. The van der Waals surface area contributed by atoms with E-state index in [2.05, 4.69) is 4.98 Å². The van der Waals surface area contributed by atoms with Gasteiger partial charge >= 0.3 is 5.97 Å². The van der Waals surface area contributed by atoms with Crippen LogP contribution in [-0.4, -0.2) is 17.6 Å². The SMILES string of the molecule is CCOC(=O)c1c(C)oc2ccc(OCc3cccnc3C)c(C)c12. The monoisotopic (exact) mass is 339 g/mol. The van der Waals surface area contributed by atoms with Crippen LogP contribution in [0.2, 0.25) is 0 Å². The summed E-state index contributed by atoms with van der Waals surface area (Å²) in [7, 11) is 0. The van der Waals surface area contributed by atoms with Crippen LogP contribution in [0.15, 0.2) is 34.9 Å². The van der Waals surface area contributed by atoms with E-state index in [1.165, 1.54) is 0 Å². The standard InChI is InChI=1S/C20H21NO4/c1-5-23-20(22)19-14(4)25-17-9-8-16(12(2)18(17)19)24-11-15-7-6-10-21-13(15)3/h6-10H,5,11H2,1-4H3. The van der Waals surface area contributed by atoms with Gasteiger partial charge in [-0.15, -0.1) is 0 Å². The number of esters is 1. The van der Waals surface area contributed by atoms with Crippen molar-refractivity contribution in [3.05, 3.63) is 58.6 Å². The number of rotatable bonds is 5. The second-order valence-electron chi connectivity index (χ2n) is 5.85. The van der Waals surface area contributed by atoms with Gasteiger partial charge in [-0.25, -0.2) is 4.79 Å². The minimum absolute atomic E-state index is 0.320. The lowest BCUT2D eigenvalue weighted by Gasteiger charge is -2.11.